The van der Waals surface area contributed by atoms with Crippen LogP contribution < -0.4 is 10.6 Å². The highest BCUT2D eigenvalue weighted by molar-refractivity contribution is 7.84. The molecule has 0 aliphatic carbocycles. The highest BCUT2D eigenvalue weighted by Crippen LogP contribution is 2.12. The van der Waals surface area contributed by atoms with Gasteiger partial charge in [-0.05, 0) is 25.5 Å². The predicted molar refractivity (Wildman–Crippen MR) is 76.2 cm³/mol. The Morgan fingerprint density at radius 3 is 2.67 bits per heavy atom. The summed E-state index contributed by atoms with van der Waals surface area (Å²) < 4.78 is 11.0. The molecule has 2 atom stereocenters. The van der Waals surface area contributed by atoms with E-state index in [0.29, 0.717) is 5.75 Å². The van der Waals surface area contributed by atoms with Gasteiger partial charge in [0.25, 0.3) is 0 Å². The van der Waals surface area contributed by atoms with Crippen molar-refractivity contribution >= 4 is 22.4 Å². The van der Waals surface area contributed by atoms with Gasteiger partial charge in [-0.25, -0.2) is 0 Å². The van der Waals surface area contributed by atoms with Crippen LogP contribution in [0.2, 0.25) is 0 Å². The number of amides is 1. The molecule has 18 heavy (non-hydrogen) atoms. The third kappa shape index (κ3) is 5.42. The van der Waals surface area contributed by atoms with E-state index in [2.05, 4.69) is 10.6 Å². The van der Waals surface area contributed by atoms with Gasteiger partial charge in [0.1, 0.15) is 0 Å². The number of benzene rings is 1. The fourth-order valence-corrected chi connectivity index (χ4v) is 2.41. The molecule has 100 valence electrons. The maximum atomic E-state index is 11.7. The van der Waals surface area contributed by atoms with Crippen LogP contribution in [0.15, 0.2) is 24.3 Å². The number of aryl methyl sites for hydroxylation is 1. The van der Waals surface area contributed by atoms with Gasteiger partial charge >= 0.3 is 0 Å². The fourth-order valence-electron chi connectivity index (χ4n) is 1.59. The first-order chi connectivity index (χ1) is 8.49. The summed E-state index contributed by atoms with van der Waals surface area (Å²) in [6.07, 6.45) is 1.66. The van der Waals surface area contributed by atoms with Crippen LogP contribution in [0.5, 0.6) is 0 Å². The quantitative estimate of drug-likeness (QED) is 0.817. The minimum Gasteiger partial charge on any atom is -0.325 e. The number of rotatable bonds is 6. The summed E-state index contributed by atoms with van der Waals surface area (Å²) in [5.74, 6) is 0.468. The number of hydrogen-bond donors (Lipinski definition) is 2. The maximum Gasteiger partial charge on any atom is 0.238 e. The SMILES string of the molecule is Cc1ccccc1NC(=O)CNC(C)CS(C)=O. The zero-order valence-corrected chi connectivity index (χ0v) is 11.8. The van der Waals surface area contributed by atoms with E-state index in [0.717, 1.165) is 11.3 Å². The normalized spacial score (nSPS) is 13.9. The van der Waals surface area contributed by atoms with Gasteiger partial charge < -0.3 is 10.6 Å². The molecule has 0 heterocycles. The molecule has 4 nitrogen and oxygen atoms in total. The third-order valence-corrected chi connectivity index (χ3v) is 3.48. The first-order valence-corrected chi connectivity index (χ1v) is 7.60. The third-order valence-electron chi connectivity index (χ3n) is 2.51. The molecule has 0 aliphatic rings. The van der Waals surface area contributed by atoms with E-state index >= 15 is 0 Å². The van der Waals surface area contributed by atoms with E-state index in [4.69, 9.17) is 0 Å². The lowest BCUT2D eigenvalue weighted by Gasteiger charge is -2.13. The van der Waals surface area contributed by atoms with Crippen LogP contribution in [0, 0.1) is 6.92 Å². The lowest BCUT2D eigenvalue weighted by atomic mass is 10.2. The van der Waals surface area contributed by atoms with Gasteiger partial charge in [-0.2, -0.15) is 0 Å². The van der Waals surface area contributed by atoms with E-state index in [-0.39, 0.29) is 18.5 Å². The Morgan fingerprint density at radius 2 is 2.06 bits per heavy atom. The lowest BCUT2D eigenvalue weighted by Crippen LogP contribution is -2.37. The molecular formula is C13H20N2O2S. The molecule has 0 radical (unpaired) electrons. The standard InChI is InChI=1S/C13H20N2O2S/c1-10-6-4-5-7-12(10)15-13(16)8-14-11(2)9-18(3)17/h4-7,11,14H,8-9H2,1-3H3,(H,15,16). The molecule has 2 unspecified atom stereocenters. The van der Waals surface area contributed by atoms with Crippen LogP contribution in [0.1, 0.15) is 12.5 Å². The topological polar surface area (TPSA) is 58.2 Å². The Kier molecular flexibility index (Phi) is 6.01. The van der Waals surface area contributed by atoms with Crippen molar-refractivity contribution in [3.8, 4) is 0 Å². The van der Waals surface area contributed by atoms with Crippen molar-refractivity contribution < 1.29 is 9.00 Å². The Morgan fingerprint density at radius 1 is 1.39 bits per heavy atom. The summed E-state index contributed by atoms with van der Waals surface area (Å²) in [5.41, 5.74) is 1.87. The van der Waals surface area contributed by atoms with E-state index in [1.165, 1.54) is 0 Å². The number of hydrogen-bond acceptors (Lipinski definition) is 3. The monoisotopic (exact) mass is 268 g/mol. The largest absolute Gasteiger partial charge is 0.325 e. The summed E-state index contributed by atoms with van der Waals surface area (Å²) >= 11 is 0. The molecule has 0 aliphatic heterocycles. The molecule has 2 N–H and O–H groups in total. The second kappa shape index (κ2) is 7.28. The smallest absolute Gasteiger partial charge is 0.238 e. The van der Waals surface area contributed by atoms with Gasteiger partial charge in [-0.15, -0.1) is 0 Å². The summed E-state index contributed by atoms with van der Waals surface area (Å²) in [6.45, 7) is 4.10. The molecular weight excluding hydrogens is 248 g/mol. The number of anilines is 1. The molecule has 1 aromatic carbocycles. The Bertz CT molecular complexity index is 435. The zero-order valence-electron chi connectivity index (χ0n) is 11.0. The molecule has 5 heteroatoms. The zero-order chi connectivity index (χ0) is 13.5. The minimum atomic E-state index is -0.846. The van der Waals surface area contributed by atoms with Gasteiger partial charge in [0.15, 0.2) is 0 Å². The van der Waals surface area contributed by atoms with Gasteiger partial charge in [0.05, 0.1) is 6.54 Å². The van der Waals surface area contributed by atoms with Crippen LogP contribution >= 0.6 is 0 Å². The first kappa shape index (κ1) is 14.9. The lowest BCUT2D eigenvalue weighted by molar-refractivity contribution is -0.115. The second-order valence-electron chi connectivity index (χ2n) is 4.38. The van der Waals surface area contributed by atoms with Crippen LogP contribution in [0.3, 0.4) is 0 Å². The van der Waals surface area contributed by atoms with Gasteiger partial charge in [-0.3, -0.25) is 9.00 Å². The summed E-state index contributed by atoms with van der Waals surface area (Å²) in [4.78, 5) is 11.7. The van der Waals surface area contributed by atoms with Crippen molar-refractivity contribution in [2.75, 3.05) is 23.9 Å². The second-order valence-corrected chi connectivity index (χ2v) is 5.86. The Labute approximate surface area is 111 Å². The van der Waals surface area contributed by atoms with E-state index < -0.39 is 10.8 Å². The maximum absolute atomic E-state index is 11.7. The van der Waals surface area contributed by atoms with E-state index in [1.807, 2.05) is 38.1 Å². The van der Waals surface area contributed by atoms with Crippen LogP contribution in [0.4, 0.5) is 5.69 Å². The average molecular weight is 268 g/mol. The molecule has 0 fully saturated rings. The van der Waals surface area contributed by atoms with Crippen LogP contribution in [-0.2, 0) is 15.6 Å². The highest BCUT2D eigenvalue weighted by Gasteiger charge is 2.08. The molecule has 0 aromatic heterocycles. The number of carbonyl (C=O) groups excluding carboxylic acids is 1. The summed E-state index contributed by atoms with van der Waals surface area (Å²) in [6, 6.07) is 7.71. The molecule has 0 saturated carbocycles. The minimum absolute atomic E-state index is 0.0680. The highest BCUT2D eigenvalue weighted by atomic mass is 32.2. The predicted octanol–water partition coefficient (Wildman–Crippen LogP) is 1.29. The fraction of sp³-hybridized carbons (Fsp3) is 0.462. The molecule has 0 bridgehead atoms. The van der Waals surface area contributed by atoms with Gasteiger partial charge in [-0.1, -0.05) is 18.2 Å². The van der Waals surface area contributed by atoms with Crippen molar-refractivity contribution in [2.24, 2.45) is 0 Å². The Balaban J connectivity index is 2.39. The molecule has 1 amide bonds. The van der Waals surface area contributed by atoms with Gasteiger partial charge in [0, 0.05) is 34.5 Å². The van der Waals surface area contributed by atoms with Crippen LogP contribution in [0.25, 0.3) is 0 Å². The average Bonchev–Trinajstić information content (AvgIpc) is 2.29. The summed E-state index contributed by atoms with van der Waals surface area (Å²) in [5, 5.41) is 5.89. The van der Waals surface area contributed by atoms with E-state index in [9.17, 15) is 9.00 Å². The van der Waals surface area contributed by atoms with Crippen molar-refractivity contribution in [2.45, 2.75) is 19.9 Å². The number of nitrogens with one attached hydrogen (secondary N) is 2. The molecule has 0 spiro atoms. The van der Waals surface area contributed by atoms with Crippen molar-refractivity contribution in [3.63, 3.8) is 0 Å². The summed E-state index contributed by atoms with van der Waals surface area (Å²) in [7, 11) is -0.846. The molecule has 0 saturated heterocycles. The number of para-hydroxylation sites is 1. The first-order valence-electron chi connectivity index (χ1n) is 5.88. The molecule has 1 rings (SSSR count). The number of carbonyl (C=O) groups is 1. The Hall–Kier alpha value is -1.20. The molecule has 1 aromatic rings. The van der Waals surface area contributed by atoms with Crippen molar-refractivity contribution in [3.05, 3.63) is 29.8 Å². The van der Waals surface area contributed by atoms with Crippen molar-refractivity contribution in [1.82, 2.24) is 5.32 Å². The van der Waals surface area contributed by atoms with E-state index in [1.54, 1.807) is 6.26 Å². The van der Waals surface area contributed by atoms with Gasteiger partial charge in [0.2, 0.25) is 5.91 Å². The van der Waals surface area contributed by atoms with Crippen LogP contribution in [-0.4, -0.2) is 34.7 Å². The van der Waals surface area contributed by atoms with Crippen molar-refractivity contribution in [1.29, 1.82) is 0 Å².